The molecule has 0 unspecified atom stereocenters. The van der Waals surface area contributed by atoms with Gasteiger partial charge in [-0.3, -0.25) is 9.36 Å². The molecule has 6 N–H and O–H groups in total. The first-order valence-electron chi connectivity index (χ1n) is 5.60. The van der Waals surface area contributed by atoms with Crippen molar-refractivity contribution in [3.63, 3.8) is 0 Å². The van der Waals surface area contributed by atoms with Crippen molar-refractivity contribution in [3.8, 4) is 0 Å². The van der Waals surface area contributed by atoms with Gasteiger partial charge in [0, 0.05) is 7.11 Å². The lowest BCUT2D eigenvalue weighted by atomic mass is 10.1. The quantitative estimate of drug-likeness (QED) is 0.487. The standard InChI is InChI=1S/C10H16N4O5/c1-18-7-6(16)4(2-15)19-10(7)14-3-13-5(8(14)11)9(12)17/h3-4,6-7,10,15-16H,2,11H2,1H3,(H2,12,17)/t4-,6-,7-,10-/m1/s1. The zero-order chi connectivity index (χ0) is 14.2. The van der Waals surface area contributed by atoms with E-state index < -0.39 is 30.4 Å². The van der Waals surface area contributed by atoms with E-state index in [2.05, 4.69) is 4.98 Å². The number of carbonyl (C=O) groups is 1. The maximum Gasteiger partial charge on any atom is 0.271 e. The Labute approximate surface area is 108 Å². The van der Waals surface area contributed by atoms with Crippen LogP contribution >= 0.6 is 0 Å². The average Bonchev–Trinajstić information content (AvgIpc) is 2.89. The Morgan fingerprint density at radius 3 is 2.84 bits per heavy atom. The average molecular weight is 272 g/mol. The molecule has 9 nitrogen and oxygen atoms in total. The second-order valence-electron chi connectivity index (χ2n) is 4.19. The Morgan fingerprint density at radius 2 is 2.37 bits per heavy atom. The molecule has 1 aliphatic heterocycles. The summed E-state index contributed by atoms with van der Waals surface area (Å²) < 4.78 is 11.9. The van der Waals surface area contributed by atoms with Crippen molar-refractivity contribution in [2.75, 3.05) is 19.5 Å². The van der Waals surface area contributed by atoms with Gasteiger partial charge < -0.3 is 31.2 Å². The molecule has 2 heterocycles. The molecule has 106 valence electrons. The summed E-state index contributed by atoms with van der Waals surface area (Å²) in [5, 5.41) is 19.0. The molecule has 0 aliphatic carbocycles. The fourth-order valence-electron chi connectivity index (χ4n) is 2.11. The van der Waals surface area contributed by atoms with E-state index in [0.29, 0.717) is 0 Å². The van der Waals surface area contributed by atoms with Crippen LogP contribution in [0.1, 0.15) is 16.7 Å². The summed E-state index contributed by atoms with van der Waals surface area (Å²) in [4.78, 5) is 14.9. The number of amides is 1. The van der Waals surface area contributed by atoms with Crippen LogP contribution in [0.3, 0.4) is 0 Å². The van der Waals surface area contributed by atoms with Crippen molar-refractivity contribution >= 4 is 11.7 Å². The van der Waals surface area contributed by atoms with E-state index in [1.165, 1.54) is 18.0 Å². The Bertz CT molecular complexity index is 476. The molecule has 0 saturated carbocycles. The maximum absolute atomic E-state index is 11.1. The van der Waals surface area contributed by atoms with Crippen molar-refractivity contribution in [2.45, 2.75) is 24.5 Å². The number of hydrogen-bond donors (Lipinski definition) is 4. The van der Waals surface area contributed by atoms with Crippen LogP contribution in [0.15, 0.2) is 6.33 Å². The molecular weight excluding hydrogens is 256 g/mol. The van der Waals surface area contributed by atoms with Crippen molar-refractivity contribution < 1.29 is 24.5 Å². The molecule has 2 rings (SSSR count). The first-order valence-corrected chi connectivity index (χ1v) is 5.60. The molecule has 1 fully saturated rings. The second-order valence-corrected chi connectivity index (χ2v) is 4.19. The predicted octanol–water partition coefficient (Wildman–Crippen LogP) is -2.17. The molecule has 1 aromatic heterocycles. The summed E-state index contributed by atoms with van der Waals surface area (Å²) in [7, 11) is 1.39. The van der Waals surface area contributed by atoms with Crippen LogP contribution in [0, 0.1) is 0 Å². The van der Waals surface area contributed by atoms with Crippen LogP contribution in [0.2, 0.25) is 0 Å². The number of nitrogens with zero attached hydrogens (tertiary/aromatic N) is 2. The molecule has 1 aliphatic rings. The minimum absolute atomic E-state index is 0.0188. The molecule has 0 spiro atoms. The molecule has 1 aromatic rings. The Kier molecular flexibility index (Phi) is 3.71. The van der Waals surface area contributed by atoms with Crippen LogP contribution in [0.5, 0.6) is 0 Å². The number of aliphatic hydroxyl groups excluding tert-OH is 2. The SMILES string of the molecule is CO[C@@H]1[C@H](O)[C@@H](CO)O[C@H]1n1cnc(C(N)=O)c1N. The number of nitrogen functional groups attached to an aromatic ring is 1. The Hall–Kier alpha value is -1.68. The number of hydrogen-bond acceptors (Lipinski definition) is 7. The van der Waals surface area contributed by atoms with Crippen molar-refractivity contribution in [1.29, 1.82) is 0 Å². The van der Waals surface area contributed by atoms with Crippen molar-refractivity contribution in [2.24, 2.45) is 5.73 Å². The lowest BCUT2D eigenvalue weighted by molar-refractivity contribution is -0.0590. The molecule has 1 saturated heterocycles. The van der Waals surface area contributed by atoms with Gasteiger partial charge in [0.1, 0.15) is 24.1 Å². The summed E-state index contributed by atoms with van der Waals surface area (Å²) in [6.45, 7) is -0.366. The van der Waals surface area contributed by atoms with Crippen LogP contribution in [0.25, 0.3) is 0 Å². The smallest absolute Gasteiger partial charge is 0.271 e. The van der Waals surface area contributed by atoms with Crippen LogP contribution in [-0.4, -0.2) is 57.7 Å². The largest absolute Gasteiger partial charge is 0.394 e. The van der Waals surface area contributed by atoms with Gasteiger partial charge in [-0.2, -0.15) is 0 Å². The van der Waals surface area contributed by atoms with E-state index in [4.69, 9.17) is 26.0 Å². The van der Waals surface area contributed by atoms with E-state index in [0.717, 1.165) is 0 Å². The summed E-state index contributed by atoms with van der Waals surface area (Å²) in [5.41, 5.74) is 10.8. The second kappa shape index (κ2) is 5.13. The highest BCUT2D eigenvalue weighted by molar-refractivity contribution is 5.95. The van der Waals surface area contributed by atoms with Gasteiger partial charge in [-0.15, -0.1) is 0 Å². The highest BCUT2D eigenvalue weighted by Gasteiger charge is 2.45. The van der Waals surface area contributed by atoms with Gasteiger partial charge in [-0.25, -0.2) is 4.98 Å². The number of methoxy groups -OCH3 is 1. The molecule has 4 atom stereocenters. The van der Waals surface area contributed by atoms with Gasteiger partial charge in [-0.05, 0) is 0 Å². The van der Waals surface area contributed by atoms with E-state index in [-0.39, 0.29) is 18.1 Å². The van der Waals surface area contributed by atoms with Gasteiger partial charge in [0.15, 0.2) is 11.9 Å². The van der Waals surface area contributed by atoms with E-state index in [1.807, 2.05) is 0 Å². The molecule has 1 amide bonds. The van der Waals surface area contributed by atoms with Gasteiger partial charge in [0.05, 0.1) is 12.9 Å². The lowest BCUT2D eigenvalue weighted by Crippen LogP contribution is -2.34. The number of rotatable bonds is 4. The third-order valence-corrected chi connectivity index (χ3v) is 3.10. The first kappa shape index (κ1) is 13.7. The van der Waals surface area contributed by atoms with Gasteiger partial charge in [0.25, 0.3) is 5.91 Å². The third-order valence-electron chi connectivity index (χ3n) is 3.10. The van der Waals surface area contributed by atoms with E-state index in [1.54, 1.807) is 0 Å². The van der Waals surface area contributed by atoms with Gasteiger partial charge >= 0.3 is 0 Å². The molecule has 0 radical (unpaired) electrons. The summed E-state index contributed by atoms with van der Waals surface area (Å²) >= 11 is 0. The number of carbonyl (C=O) groups excluding carboxylic acids is 1. The summed E-state index contributed by atoms with van der Waals surface area (Å²) in [6.07, 6.45) is -2.07. The number of aliphatic hydroxyl groups is 2. The minimum atomic E-state index is -1.01. The molecule has 9 heteroatoms. The normalized spacial score (nSPS) is 30.7. The molecule has 19 heavy (non-hydrogen) atoms. The van der Waals surface area contributed by atoms with Crippen molar-refractivity contribution in [3.05, 3.63) is 12.0 Å². The van der Waals surface area contributed by atoms with Crippen molar-refractivity contribution in [1.82, 2.24) is 9.55 Å². The number of primary amides is 1. The molecule has 0 bridgehead atoms. The van der Waals surface area contributed by atoms with Crippen LogP contribution < -0.4 is 11.5 Å². The zero-order valence-electron chi connectivity index (χ0n) is 10.3. The highest BCUT2D eigenvalue weighted by Crippen LogP contribution is 2.33. The fraction of sp³-hybridized carbons (Fsp3) is 0.600. The Balaban J connectivity index is 2.33. The fourth-order valence-corrected chi connectivity index (χ4v) is 2.11. The van der Waals surface area contributed by atoms with E-state index >= 15 is 0 Å². The van der Waals surface area contributed by atoms with Gasteiger partial charge in [0.2, 0.25) is 0 Å². The monoisotopic (exact) mass is 272 g/mol. The summed E-state index contributed by atoms with van der Waals surface area (Å²) in [5.74, 6) is -0.743. The summed E-state index contributed by atoms with van der Waals surface area (Å²) in [6, 6.07) is 0. The minimum Gasteiger partial charge on any atom is -0.394 e. The highest BCUT2D eigenvalue weighted by atomic mass is 16.6. The number of anilines is 1. The number of ether oxygens (including phenoxy) is 2. The van der Waals surface area contributed by atoms with Crippen LogP contribution in [0.4, 0.5) is 5.82 Å². The number of aromatic nitrogens is 2. The lowest BCUT2D eigenvalue weighted by Gasteiger charge is -2.20. The number of nitrogens with two attached hydrogens (primary N) is 2. The molecular formula is C10H16N4O5. The van der Waals surface area contributed by atoms with Crippen LogP contribution in [-0.2, 0) is 9.47 Å². The number of imidazole rings is 1. The maximum atomic E-state index is 11.1. The first-order chi connectivity index (χ1) is 9.01. The predicted molar refractivity (Wildman–Crippen MR) is 63.0 cm³/mol. The Morgan fingerprint density at radius 1 is 1.68 bits per heavy atom. The van der Waals surface area contributed by atoms with Gasteiger partial charge in [-0.1, -0.05) is 0 Å². The zero-order valence-corrected chi connectivity index (χ0v) is 10.3. The third kappa shape index (κ3) is 2.16. The molecule has 0 aromatic carbocycles. The van der Waals surface area contributed by atoms with E-state index in [9.17, 15) is 9.90 Å². The topological polar surface area (TPSA) is 146 Å².